The van der Waals surface area contributed by atoms with E-state index in [2.05, 4.69) is 15.9 Å². The molecule has 0 amide bonds. The zero-order valence-corrected chi connectivity index (χ0v) is 13.8. The minimum atomic E-state index is -3.68. The highest BCUT2D eigenvalue weighted by Gasteiger charge is 2.38. The van der Waals surface area contributed by atoms with E-state index < -0.39 is 15.8 Å². The van der Waals surface area contributed by atoms with Crippen molar-refractivity contribution >= 4 is 26.0 Å². The highest BCUT2D eigenvalue weighted by atomic mass is 79.9. The number of nitrogens with zero attached hydrogens (tertiary/aromatic N) is 1. The highest BCUT2D eigenvalue weighted by Crippen LogP contribution is 2.31. The van der Waals surface area contributed by atoms with Gasteiger partial charge in [-0.1, -0.05) is 13.8 Å². The molecule has 0 spiro atoms. The van der Waals surface area contributed by atoms with Crippen LogP contribution in [0.1, 0.15) is 20.3 Å². The van der Waals surface area contributed by atoms with E-state index in [4.69, 9.17) is 5.73 Å². The summed E-state index contributed by atoms with van der Waals surface area (Å²) in [6.07, 6.45) is 0.602. The van der Waals surface area contributed by atoms with Crippen LogP contribution in [0.2, 0.25) is 0 Å². The lowest BCUT2D eigenvalue weighted by Crippen LogP contribution is -2.53. The zero-order chi connectivity index (χ0) is 15.1. The molecule has 7 heteroatoms. The lowest BCUT2D eigenvalue weighted by atomic mass is 9.81. The first-order chi connectivity index (χ1) is 9.14. The molecule has 4 nitrogen and oxygen atoms in total. The molecule has 1 fully saturated rings. The summed E-state index contributed by atoms with van der Waals surface area (Å²) < 4.78 is 40.3. The first-order valence-corrected chi connectivity index (χ1v) is 8.59. The standard InChI is InChI=1S/C13H18BrFN2O2S/c1-13(2)8-17(6-5-12(13)16)20(18,19)9-3-4-10(14)11(15)7-9/h3-4,7,12H,5-6,8,16H2,1-2H3. The van der Waals surface area contributed by atoms with Crippen LogP contribution in [0.25, 0.3) is 0 Å². The Morgan fingerprint density at radius 3 is 2.65 bits per heavy atom. The number of rotatable bonds is 2. The van der Waals surface area contributed by atoms with E-state index in [1.807, 2.05) is 13.8 Å². The largest absolute Gasteiger partial charge is 0.327 e. The number of piperidine rings is 1. The van der Waals surface area contributed by atoms with Crippen molar-refractivity contribution in [2.24, 2.45) is 11.1 Å². The van der Waals surface area contributed by atoms with Gasteiger partial charge in [-0.25, -0.2) is 12.8 Å². The number of hydrogen-bond donors (Lipinski definition) is 1. The summed E-state index contributed by atoms with van der Waals surface area (Å²) in [5.41, 5.74) is 5.72. The van der Waals surface area contributed by atoms with Crippen LogP contribution in [0.4, 0.5) is 4.39 Å². The van der Waals surface area contributed by atoms with Crippen LogP contribution >= 0.6 is 15.9 Å². The first-order valence-electron chi connectivity index (χ1n) is 6.35. The molecule has 1 aromatic rings. The predicted octanol–water partition coefficient (Wildman–Crippen LogP) is 2.34. The second-order valence-electron chi connectivity index (χ2n) is 5.80. The topological polar surface area (TPSA) is 63.4 Å². The van der Waals surface area contributed by atoms with Crippen molar-refractivity contribution in [3.8, 4) is 0 Å². The molecule has 1 heterocycles. The molecule has 1 aliphatic rings. The van der Waals surface area contributed by atoms with Crippen LogP contribution < -0.4 is 5.73 Å². The van der Waals surface area contributed by atoms with Crippen molar-refractivity contribution in [1.29, 1.82) is 0 Å². The molecule has 1 unspecified atom stereocenters. The number of sulfonamides is 1. The van der Waals surface area contributed by atoms with E-state index in [0.29, 0.717) is 19.5 Å². The zero-order valence-electron chi connectivity index (χ0n) is 11.4. The van der Waals surface area contributed by atoms with Crippen molar-refractivity contribution in [2.45, 2.75) is 31.2 Å². The maximum atomic E-state index is 13.5. The van der Waals surface area contributed by atoms with Gasteiger partial charge in [0, 0.05) is 19.1 Å². The Bertz CT molecular complexity index is 619. The number of benzene rings is 1. The summed E-state index contributed by atoms with van der Waals surface area (Å²) in [7, 11) is -3.68. The fraction of sp³-hybridized carbons (Fsp3) is 0.538. The molecule has 2 rings (SSSR count). The molecule has 2 N–H and O–H groups in total. The summed E-state index contributed by atoms with van der Waals surface area (Å²) in [5, 5.41) is 0. The summed E-state index contributed by atoms with van der Waals surface area (Å²) in [6.45, 7) is 4.60. The number of halogens is 2. The lowest BCUT2D eigenvalue weighted by Gasteiger charge is -2.41. The van der Waals surface area contributed by atoms with Gasteiger partial charge in [0.1, 0.15) is 5.82 Å². The van der Waals surface area contributed by atoms with Gasteiger partial charge in [0.25, 0.3) is 0 Å². The fourth-order valence-electron chi connectivity index (χ4n) is 2.32. The second-order valence-corrected chi connectivity index (χ2v) is 8.59. The van der Waals surface area contributed by atoms with Gasteiger partial charge in [0.05, 0.1) is 9.37 Å². The summed E-state index contributed by atoms with van der Waals surface area (Å²) >= 11 is 3.02. The van der Waals surface area contributed by atoms with Crippen LogP contribution in [0.3, 0.4) is 0 Å². The Kier molecular flexibility index (Phi) is 4.26. The number of hydrogen-bond acceptors (Lipinski definition) is 3. The minimum absolute atomic E-state index is 0.0236. The Labute approximate surface area is 127 Å². The van der Waals surface area contributed by atoms with E-state index in [9.17, 15) is 12.8 Å². The molecule has 0 saturated carbocycles. The molecule has 1 aliphatic heterocycles. The van der Waals surface area contributed by atoms with E-state index in [1.165, 1.54) is 16.4 Å². The number of nitrogens with two attached hydrogens (primary N) is 1. The minimum Gasteiger partial charge on any atom is -0.327 e. The van der Waals surface area contributed by atoms with Gasteiger partial charge >= 0.3 is 0 Å². The van der Waals surface area contributed by atoms with Crippen LogP contribution in [-0.4, -0.2) is 31.9 Å². The van der Waals surface area contributed by atoms with Crippen LogP contribution in [0.5, 0.6) is 0 Å². The summed E-state index contributed by atoms with van der Waals surface area (Å²) in [4.78, 5) is -0.0236. The molecule has 0 aromatic heterocycles. The third-order valence-electron chi connectivity index (χ3n) is 3.81. The third kappa shape index (κ3) is 2.90. The van der Waals surface area contributed by atoms with Gasteiger partial charge in [-0.2, -0.15) is 4.31 Å². The maximum Gasteiger partial charge on any atom is 0.243 e. The van der Waals surface area contributed by atoms with Gasteiger partial charge in [0.15, 0.2) is 0 Å². The van der Waals surface area contributed by atoms with E-state index in [1.54, 1.807) is 0 Å². The van der Waals surface area contributed by atoms with Crippen molar-refractivity contribution in [3.05, 3.63) is 28.5 Å². The van der Waals surface area contributed by atoms with Gasteiger partial charge in [0.2, 0.25) is 10.0 Å². The SMILES string of the molecule is CC1(C)CN(S(=O)(=O)c2ccc(Br)c(F)c2)CCC1N. The van der Waals surface area contributed by atoms with Gasteiger partial charge in [-0.3, -0.25) is 0 Å². The van der Waals surface area contributed by atoms with Crippen LogP contribution in [-0.2, 0) is 10.0 Å². The molecule has 1 atom stereocenters. The maximum absolute atomic E-state index is 13.5. The normalized spacial score (nSPS) is 23.8. The van der Waals surface area contributed by atoms with Gasteiger partial charge in [-0.15, -0.1) is 0 Å². The van der Waals surface area contributed by atoms with Crippen molar-refractivity contribution in [3.63, 3.8) is 0 Å². The molecule has 0 radical (unpaired) electrons. The Hall–Kier alpha value is -0.500. The highest BCUT2D eigenvalue weighted by molar-refractivity contribution is 9.10. The van der Waals surface area contributed by atoms with Crippen LogP contribution in [0.15, 0.2) is 27.6 Å². The lowest BCUT2D eigenvalue weighted by molar-refractivity contribution is 0.155. The Morgan fingerprint density at radius 2 is 2.10 bits per heavy atom. The van der Waals surface area contributed by atoms with Crippen molar-refractivity contribution < 1.29 is 12.8 Å². The summed E-state index contributed by atoms with van der Waals surface area (Å²) in [5.74, 6) is -0.584. The summed E-state index contributed by atoms with van der Waals surface area (Å²) in [6, 6.07) is 3.82. The molecule has 0 bridgehead atoms. The third-order valence-corrected chi connectivity index (χ3v) is 6.29. The molecular formula is C13H18BrFN2O2S. The smallest absolute Gasteiger partial charge is 0.243 e. The average molecular weight is 365 g/mol. The molecule has 1 aromatic carbocycles. The van der Waals surface area contributed by atoms with Gasteiger partial charge < -0.3 is 5.73 Å². The monoisotopic (exact) mass is 364 g/mol. The molecule has 112 valence electrons. The molecular weight excluding hydrogens is 347 g/mol. The Morgan fingerprint density at radius 1 is 1.45 bits per heavy atom. The fourth-order valence-corrected chi connectivity index (χ4v) is 4.20. The van der Waals surface area contributed by atoms with E-state index in [0.717, 1.165) is 6.07 Å². The van der Waals surface area contributed by atoms with E-state index in [-0.39, 0.29) is 20.8 Å². The molecule has 0 aliphatic carbocycles. The quantitative estimate of drug-likeness (QED) is 0.875. The van der Waals surface area contributed by atoms with Crippen molar-refractivity contribution in [1.82, 2.24) is 4.31 Å². The second kappa shape index (κ2) is 5.36. The predicted molar refractivity (Wildman–Crippen MR) is 79.2 cm³/mol. The molecule has 20 heavy (non-hydrogen) atoms. The van der Waals surface area contributed by atoms with E-state index >= 15 is 0 Å². The van der Waals surface area contributed by atoms with Gasteiger partial charge in [-0.05, 0) is 46.0 Å². The first kappa shape index (κ1) is 15.9. The van der Waals surface area contributed by atoms with Crippen LogP contribution in [0, 0.1) is 11.2 Å². The average Bonchev–Trinajstić information content (AvgIpc) is 2.35. The molecule has 1 saturated heterocycles. The van der Waals surface area contributed by atoms with Crippen molar-refractivity contribution in [2.75, 3.05) is 13.1 Å². The Balaban J connectivity index is 2.33.